The largest absolute Gasteiger partial charge is 0.497 e. The lowest BCUT2D eigenvalue weighted by atomic mass is 10.1. The molecule has 0 aromatic heterocycles. The summed E-state index contributed by atoms with van der Waals surface area (Å²) in [7, 11) is 8.26. The van der Waals surface area contributed by atoms with E-state index in [1.165, 1.54) is 0 Å². The maximum atomic E-state index is 12.3. The molecule has 0 radical (unpaired) electrons. The van der Waals surface area contributed by atoms with Crippen LogP contribution >= 0.6 is 0 Å². The predicted octanol–water partition coefficient (Wildman–Crippen LogP) is 2.47. The zero-order valence-electron chi connectivity index (χ0n) is 17.1. The molecule has 0 aliphatic heterocycles. The molecule has 0 spiro atoms. The molecule has 1 amide bonds. The number of nitrogens with one attached hydrogen (secondary N) is 1. The van der Waals surface area contributed by atoms with E-state index in [0.29, 0.717) is 30.3 Å². The summed E-state index contributed by atoms with van der Waals surface area (Å²) in [6.07, 6.45) is 0. The van der Waals surface area contributed by atoms with Gasteiger partial charge in [0, 0.05) is 24.7 Å². The van der Waals surface area contributed by atoms with Crippen molar-refractivity contribution < 1.29 is 23.7 Å². The summed E-state index contributed by atoms with van der Waals surface area (Å²) in [5.41, 5.74) is 1.92. The van der Waals surface area contributed by atoms with Crippen LogP contribution in [-0.2, 0) is 17.9 Å². The maximum absolute atomic E-state index is 12.3. The fraction of sp³-hybridized carbons (Fsp3) is 0.381. The number of rotatable bonds is 10. The predicted molar refractivity (Wildman–Crippen MR) is 107 cm³/mol. The van der Waals surface area contributed by atoms with Gasteiger partial charge in [0.15, 0.2) is 11.5 Å². The van der Waals surface area contributed by atoms with Crippen LogP contribution in [0, 0.1) is 0 Å². The standard InChI is InChI=1S/C21H28N2O5/c1-23(13-15-6-8-17(25-2)9-7-15)14-21(24)22-12-16-10-19(27-4)20(28-5)11-18(16)26-3/h6-11H,12-14H2,1-5H3,(H,22,24). The number of nitrogens with zero attached hydrogens (tertiary/aromatic N) is 1. The van der Waals surface area contributed by atoms with E-state index in [1.807, 2.05) is 36.2 Å². The monoisotopic (exact) mass is 388 g/mol. The van der Waals surface area contributed by atoms with Crippen molar-refractivity contribution in [3.05, 3.63) is 47.5 Å². The summed E-state index contributed by atoms with van der Waals surface area (Å²) in [5.74, 6) is 2.53. The van der Waals surface area contributed by atoms with Crippen molar-refractivity contribution in [2.24, 2.45) is 0 Å². The zero-order chi connectivity index (χ0) is 20.5. The van der Waals surface area contributed by atoms with Crippen LogP contribution in [0.2, 0.25) is 0 Å². The molecular formula is C21H28N2O5. The molecule has 7 heteroatoms. The van der Waals surface area contributed by atoms with Gasteiger partial charge in [0.05, 0.1) is 35.0 Å². The van der Waals surface area contributed by atoms with Crippen molar-refractivity contribution in [3.8, 4) is 23.0 Å². The van der Waals surface area contributed by atoms with E-state index in [2.05, 4.69) is 5.32 Å². The minimum absolute atomic E-state index is 0.0761. The Bertz CT molecular complexity index is 777. The first-order chi connectivity index (χ1) is 13.5. The minimum atomic E-state index is -0.0761. The molecule has 0 atom stereocenters. The SMILES string of the molecule is COc1ccc(CN(C)CC(=O)NCc2cc(OC)c(OC)cc2OC)cc1. The van der Waals surface area contributed by atoms with Gasteiger partial charge in [-0.1, -0.05) is 12.1 Å². The number of carbonyl (C=O) groups excluding carboxylic acids is 1. The van der Waals surface area contributed by atoms with Gasteiger partial charge in [0.25, 0.3) is 0 Å². The van der Waals surface area contributed by atoms with E-state index in [4.69, 9.17) is 18.9 Å². The summed E-state index contributed by atoms with van der Waals surface area (Å²) in [6.45, 7) is 1.28. The fourth-order valence-electron chi connectivity index (χ4n) is 2.82. The van der Waals surface area contributed by atoms with Gasteiger partial charge in [-0.2, -0.15) is 0 Å². The molecule has 0 unspecified atom stereocenters. The molecule has 152 valence electrons. The lowest BCUT2D eigenvalue weighted by Gasteiger charge is -2.18. The summed E-state index contributed by atoms with van der Waals surface area (Å²) in [6, 6.07) is 11.3. The van der Waals surface area contributed by atoms with Gasteiger partial charge in [0.2, 0.25) is 5.91 Å². The Morgan fingerprint density at radius 1 is 0.893 bits per heavy atom. The molecule has 0 fully saturated rings. The van der Waals surface area contributed by atoms with Crippen molar-refractivity contribution >= 4 is 5.91 Å². The Kier molecular flexibility index (Phi) is 7.95. The second-order valence-corrected chi connectivity index (χ2v) is 6.32. The summed E-state index contributed by atoms with van der Waals surface area (Å²) >= 11 is 0. The molecule has 2 aromatic rings. The van der Waals surface area contributed by atoms with Crippen molar-refractivity contribution in [1.29, 1.82) is 0 Å². The number of methoxy groups -OCH3 is 4. The van der Waals surface area contributed by atoms with E-state index in [0.717, 1.165) is 16.9 Å². The first-order valence-electron chi connectivity index (χ1n) is 8.87. The molecule has 0 aliphatic carbocycles. The topological polar surface area (TPSA) is 69.3 Å². The number of benzene rings is 2. The summed E-state index contributed by atoms with van der Waals surface area (Å²) in [4.78, 5) is 14.3. The Morgan fingerprint density at radius 2 is 1.50 bits per heavy atom. The molecule has 0 bridgehead atoms. The highest BCUT2D eigenvalue weighted by molar-refractivity contribution is 5.78. The highest BCUT2D eigenvalue weighted by Gasteiger charge is 2.13. The van der Waals surface area contributed by atoms with E-state index in [1.54, 1.807) is 40.6 Å². The van der Waals surface area contributed by atoms with E-state index < -0.39 is 0 Å². The number of amides is 1. The highest BCUT2D eigenvalue weighted by atomic mass is 16.5. The highest BCUT2D eigenvalue weighted by Crippen LogP contribution is 2.34. The molecule has 2 aromatic carbocycles. The third-order valence-corrected chi connectivity index (χ3v) is 4.29. The van der Waals surface area contributed by atoms with Crippen LogP contribution in [0.25, 0.3) is 0 Å². The molecule has 28 heavy (non-hydrogen) atoms. The smallest absolute Gasteiger partial charge is 0.234 e. The number of carbonyl (C=O) groups is 1. The quantitative estimate of drug-likeness (QED) is 0.674. The van der Waals surface area contributed by atoms with Crippen LogP contribution in [-0.4, -0.2) is 52.8 Å². The van der Waals surface area contributed by atoms with Crippen molar-refractivity contribution in [2.45, 2.75) is 13.1 Å². The van der Waals surface area contributed by atoms with Crippen LogP contribution in [0.5, 0.6) is 23.0 Å². The molecule has 0 saturated heterocycles. The Morgan fingerprint density at radius 3 is 2.07 bits per heavy atom. The average Bonchev–Trinajstić information content (AvgIpc) is 2.71. The summed E-state index contributed by atoms with van der Waals surface area (Å²) in [5, 5.41) is 2.92. The molecule has 2 rings (SSSR count). The third kappa shape index (κ3) is 5.79. The van der Waals surface area contributed by atoms with E-state index >= 15 is 0 Å². The molecule has 0 saturated carbocycles. The van der Waals surface area contributed by atoms with E-state index in [-0.39, 0.29) is 12.5 Å². The van der Waals surface area contributed by atoms with Gasteiger partial charge in [-0.05, 0) is 30.8 Å². The first-order valence-corrected chi connectivity index (χ1v) is 8.87. The Labute approximate surface area is 166 Å². The van der Waals surface area contributed by atoms with Gasteiger partial charge in [-0.3, -0.25) is 9.69 Å². The van der Waals surface area contributed by atoms with Crippen LogP contribution in [0.15, 0.2) is 36.4 Å². The fourth-order valence-corrected chi connectivity index (χ4v) is 2.82. The van der Waals surface area contributed by atoms with Crippen molar-refractivity contribution in [1.82, 2.24) is 10.2 Å². The van der Waals surface area contributed by atoms with Gasteiger partial charge in [0.1, 0.15) is 11.5 Å². The van der Waals surface area contributed by atoms with Crippen molar-refractivity contribution in [2.75, 3.05) is 42.0 Å². The van der Waals surface area contributed by atoms with Gasteiger partial charge in [-0.25, -0.2) is 0 Å². The molecule has 0 heterocycles. The third-order valence-electron chi connectivity index (χ3n) is 4.29. The normalized spacial score (nSPS) is 10.5. The zero-order valence-corrected chi connectivity index (χ0v) is 17.1. The van der Waals surface area contributed by atoms with Crippen LogP contribution < -0.4 is 24.3 Å². The Balaban J connectivity index is 1.92. The van der Waals surface area contributed by atoms with Gasteiger partial charge < -0.3 is 24.3 Å². The molecular weight excluding hydrogens is 360 g/mol. The lowest BCUT2D eigenvalue weighted by molar-refractivity contribution is -0.122. The Hall–Kier alpha value is -2.93. The van der Waals surface area contributed by atoms with E-state index in [9.17, 15) is 4.79 Å². The van der Waals surface area contributed by atoms with Gasteiger partial charge in [-0.15, -0.1) is 0 Å². The second-order valence-electron chi connectivity index (χ2n) is 6.32. The molecule has 1 N–H and O–H groups in total. The van der Waals surface area contributed by atoms with Crippen LogP contribution in [0.3, 0.4) is 0 Å². The second kappa shape index (κ2) is 10.4. The maximum Gasteiger partial charge on any atom is 0.234 e. The summed E-state index contributed by atoms with van der Waals surface area (Å²) < 4.78 is 21.1. The van der Waals surface area contributed by atoms with Gasteiger partial charge >= 0.3 is 0 Å². The van der Waals surface area contributed by atoms with Crippen LogP contribution in [0.4, 0.5) is 0 Å². The first kappa shape index (κ1) is 21.4. The number of hydrogen-bond donors (Lipinski definition) is 1. The number of likely N-dealkylation sites (N-methyl/N-ethyl adjacent to an activating group) is 1. The minimum Gasteiger partial charge on any atom is -0.497 e. The molecule has 0 aliphatic rings. The molecule has 7 nitrogen and oxygen atoms in total. The number of ether oxygens (including phenoxy) is 4. The van der Waals surface area contributed by atoms with Crippen molar-refractivity contribution in [3.63, 3.8) is 0 Å². The number of hydrogen-bond acceptors (Lipinski definition) is 6. The van der Waals surface area contributed by atoms with Crippen LogP contribution in [0.1, 0.15) is 11.1 Å². The lowest BCUT2D eigenvalue weighted by Crippen LogP contribution is -2.34. The average molecular weight is 388 g/mol.